The maximum absolute atomic E-state index is 5.94. The molecule has 0 aromatic carbocycles. The van der Waals surface area contributed by atoms with Crippen LogP contribution in [0.3, 0.4) is 0 Å². The second-order valence-electron chi connectivity index (χ2n) is 5.42. The van der Waals surface area contributed by atoms with E-state index in [1.54, 1.807) is 0 Å². The summed E-state index contributed by atoms with van der Waals surface area (Å²) in [7, 11) is 0. The standard InChI is InChI=1S/C16H27N3/c1-3-5-10-19(4-2)16-14(12-17)11-13-8-6-7-9-15(13)18-16/h11H,3-10,12,17H2,1-2H3. The fraction of sp³-hybridized carbons (Fsp3) is 0.688. The summed E-state index contributed by atoms with van der Waals surface area (Å²) < 4.78 is 0. The minimum Gasteiger partial charge on any atom is -0.357 e. The van der Waals surface area contributed by atoms with Crippen molar-refractivity contribution in [1.29, 1.82) is 0 Å². The first kappa shape index (κ1) is 14.3. The number of nitrogens with zero attached hydrogens (tertiary/aromatic N) is 2. The summed E-state index contributed by atoms with van der Waals surface area (Å²) in [5.41, 5.74) is 9.90. The molecule has 0 spiro atoms. The number of pyridine rings is 1. The van der Waals surface area contributed by atoms with E-state index >= 15 is 0 Å². The second kappa shape index (κ2) is 6.90. The normalized spacial score (nSPS) is 14.3. The van der Waals surface area contributed by atoms with Gasteiger partial charge in [0.2, 0.25) is 0 Å². The van der Waals surface area contributed by atoms with Gasteiger partial charge < -0.3 is 10.6 Å². The van der Waals surface area contributed by atoms with Crippen molar-refractivity contribution in [3.63, 3.8) is 0 Å². The highest BCUT2D eigenvalue weighted by molar-refractivity contribution is 5.50. The van der Waals surface area contributed by atoms with Crippen LogP contribution in [0.5, 0.6) is 0 Å². The Morgan fingerprint density at radius 2 is 2.05 bits per heavy atom. The smallest absolute Gasteiger partial charge is 0.133 e. The third kappa shape index (κ3) is 3.27. The Bertz CT molecular complexity index is 415. The number of aryl methyl sites for hydroxylation is 2. The van der Waals surface area contributed by atoms with Crippen molar-refractivity contribution in [2.75, 3.05) is 18.0 Å². The van der Waals surface area contributed by atoms with Crippen LogP contribution in [0.4, 0.5) is 5.82 Å². The molecule has 1 aliphatic carbocycles. The van der Waals surface area contributed by atoms with Crippen LogP contribution in [0, 0.1) is 0 Å². The van der Waals surface area contributed by atoms with Crippen LogP contribution < -0.4 is 10.6 Å². The Balaban J connectivity index is 2.31. The van der Waals surface area contributed by atoms with Gasteiger partial charge >= 0.3 is 0 Å². The van der Waals surface area contributed by atoms with Crippen molar-refractivity contribution in [2.24, 2.45) is 5.73 Å². The van der Waals surface area contributed by atoms with E-state index in [9.17, 15) is 0 Å². The molecule has 0 amide bonds. The molecule has 3 heteroatoms. The van der Waals surface area contributed by atoms with Gasteiger partial charge in [0, 0.05) is 30.9 Å². The molecule has 1 aliphatic rings. The summed E-state index contributed by atoms with van der Waals surface area (Å²) in [5.74, 6) is 1.14. The van der Waals surface area contributed by atoms with Gasteiger partial charge in [-0.2, -0.15) is 0 Å². The van der Waals surface area contributed by atoms with Crippen LogP contribution in [-0.2, 0) is 19.4 Å². The van der Waals surface area contributed by atoms with Crippen molar-refractivity contribution in [2.45, 2.75) is 58.9 Å². The molecule has 0 aliphatic heterocycles. The van der Waals surface area contributed by atoms with E-state index in [0.717, 1.165) is 25.3 Å². The Morgan fingerprint density at radius 1 is 1.26 bits per heavy atom. The van der Waals surface area contributed by atoms with Gasteiger partial charge in [0.05, 0.1) is 0 Å². The lowest BCUT2D eigenvalue weighted by atomic mass is 9.94. The van der Waals surface area contributed by atoms with Crippen LogP contribution in [-0.4, -0.2) is 18.1 Å². The predicted octanol–water partition coefficient (Wildman–Crippen LogP) is 3.05. The summed E-state index contributed by atoms with van der Waals surface area (Å²) in [4.78, 5) is 7.34. The largest absolute Gasteiger partial charge is 0.357 e. The molecule has 1 aromatic heterocycles. The molecular weight excluding hydrogens is 234 g/mol. The highest BCUT2D eigenvalue weighted by Gasteiger charge is 2.17. The zero-order valence-electron chi connectivity index (χ0n) is 12.4. The number of aromatic nitrogens is 1. The lowest BCUT2D eigenvalue weighted by Gasteiger charge is -2.27. The monoisotopic (exact) mass is 261 g/mol. The number of nitrogens with two attached hydrogens (primary N) is 1. The van der Waals surface area contributed by atoms with Crippen molar-refractivity contribution in [3.8, 4) is 0 Å². The van der Waals surface area contributed by atoms with E-state index in [4.69, 9.17) is 10.7 Å². The van der Waals surface area contributed by atoms with E-state index in [1.807, 2.05) is 0 Å². The van der Waals surface area contributed by atoms with Crippen LogP contribution in [0.15, 0.2) is 6.07 Å². The fourth-order valence-corrected chi connectivity index (χ4v) is 2.86. The van der Waals surface area contributed by atoms with Crippen LogP contribution in [0.2, 0.25) is 0 Å². The molecule has 106 valence electrons. The van der Waals surface area contributed by atoms with Crippen LogP contribution in [0.1, 0.15) is 56.4 Å². The predicted molar refractivity (Wildman–Crippen MR) is 81.6 cm³/mol. The van der Waals surface area contributed by atoms with Gasteiger partial charge in [0.25, 0.3) is 0 Å². The number of fused-ring (bicyclic) bond motifs is 1. The highest BCUT2D eigenvalue weighted by atomic mass is 15.2. The average Bonchev–Trinajstić information content (AvgIpc) is 2.47. The SMILES string of the molecule is CCCCN(CC)c1nc2c(cc1CN)CCCC2. The molecule has 0 saturated heterocycles. The summed E-state index contributed by atoms with van der Waals surface area (Å²) >= 11 is 0. The van der Waals surface area contributed by atoms with Crippen molar-refractivity contribution in [3.05, 3.63) is 22.9 Å². The molecule has 19 heavy (non-hydrogen) atoms. The molecule has 0 unspecified atom stereocenters. The minimum absolute atomic E-state index is 0.595. The summed E-state index contributed by atoms with van der Waals surface area (Å²) in [6.45, 7) is 7.14. The Hall–Kier alpha value is -1.09. The van der Waals surface area contributed by atoms with Gasteiger partial charge in [-0.3, -0.25) is 0 Å². The van der Waals surface area contributed by atoms with Crippen LogP contribution >= 0.6 is 0 Å². The van der Waals surface area contributed by atoms with E-state index in [-0.39, 0.29) is 0 Å². The number of rotatable bonds is 6. The molecule has 1 heterocycles. The maximum Gasteiger partial charge on any atom is 0.133 e. The molecule has 0 atom stereocenters. The zero-order valence-corrected chi connectivity index (χ0v) is 12.4. The van der Waals surface area contributed by atoms with Gasteiger partial charge in [-0.25, -0.2) is 4.98 Å². The third-order valence-corrected chi connectivity index (χ3v) is 4.04. The Kier molecular flexibility index (Phi) is 5.20. The van der Waals surface area contributed by atoms with Gasteiger partial charge in [0.15, 0.2) is 0 Å². The van der Waals surface area contributed by atoms with Gasteiger partial charge in [-0.1, -0.05) is 13.3 Å². The highest BCUT2D eigenvalue weighted by Crippen LogP contribution is 2.26. The lowest BCUT2D eigenvalue weighted by molar-refractivity contribution is 0.657. The number of hydrogen-bond acceptors (Lipinski definition) is 3. The molecular formula is C16H27N3. The molecule has 2 rings (SSSR count). The quantitative estimate of drug-likeness (QED) is 0.856. The minimum atomic E-state index is 0.595. The van der Waals surface area contributed by atoms with E-state index < -0.39 is 0 Å². The average molecular weight is 261 g/mol. The van der Waals surface area contributed by atoms with Crippen LogP contribution in [0.25, 0.3) is 0 Å². The fourth-order valence-electron chi connectivity index (χ4n) is 2.86. The van der Waals surface area contributed by atoms with Crippen molar-refractivity contribution >= 4 is 5.82 Å². The Labute approximate surface area is 117 Å². The van der Waals surface area contributed by atoms with Gasteiger partial charge in [0.1, 0.15) is 5.82 Å². The molecule has 1 aromatic rings. The number of unbranched alkanes of at least 4 members (excludes halogenated alkanes) is 1. The zero-order chi connectivity index (χ0) is 13.7. The number of hydrogen-bond donors (Lipinski definition) is 1. The summed E-state index contributed by atoms with van der Waals surface area (Å²) in [6.07, 6.45) is 7.33. The first-order valence-corrected chi connectivity index (χ1v) is 7.76. The first-order chi connectivity index (χ1) is 9.30. The molecule has 2 N–H and O–H groups in total. The molecule has 0 fully saturated rings. The van der Waals surface area contributed by atoms with E-state index in [2.05, 4.69) is 24.8 Å². The topological polar surface area (TPSA) is 42.2 Å². The third-order valence-electron chi connectivity index (χ3n) is 4.04. The van der Waals surface area contributed by atoms with Gasteiger partial charge in [-0.15, -0.1) is 0 Å². The van der Waals surface area contributed by atoms with Crippen molar-refractivity contribution in [1.82, 2.24) is 4.98 Å². The molecule has 3 nitrogen and oxygen atoms in total. The number of anilines is 1. The Morgan fingerprint density at radius 3 is 2.74 bits per heavy atom. The molecule has 0 bridgehead atoms. The summed E-state index contributed by atoms with van der Waals surface area (Å²) in [6, 6.07) is 2.31. The van der Waals surface area contributed by atoms with E-state index in [1.165, 1.54) is 48.9 Å². The van der Waals surface area contributed by atoms with Gasteiger partial charge in [-0.05, 0) is 50.7 Å². The second-order valence-corrected chi connectivity index (χ2v) is 5.42. The molecule has 0 saturated carbocycles. The maximum atomic E-state index is 5.94. The molecule has 0 radical (unpaired) electrons. The van der Waals surface area contributed by atoms with Crippen molar-refractivity contribution < 1.29 is 0 Å². The lowest BCUT2D eigenvalue weighted by Crippen LogP contribution is -2.27. The summed E-state index contributed by atoms with van der Waals surface area (Å²) in [5, 5.41) is 0. The van der Waals surface area contributed by atoms with E-state index in [0.29, 0.717) is 6.54 Å². The first-order valence-electron chi connectivity index (χ1n) is 7.76.